The fourth-order valence-corrected chi connectivity index (χ4v) is 3.15. The van der Waals surface area contributed by atoms with Crippen LogP contribution in [0.1, 0.15) is 5.69 Å². The zero-order valence-electron chi connectivity index (χ0n) is 12.3. The van der Waals surface area contributed by atoms with Crippen molar-refractivity contribution in [3.8, 4) is 5.75 Å². The summed E-state index contributed by atoms with van der Waals surface area (Å²) in [4.78, 5) is 16.6. The van der Waals surface area contributed by atoms with Crippen molar-refractivity contribution in [1.82, 2.24) is 9.38 Å². The van der Waals surface area contributed by atoms with E-state index in [1.807, 2.05) is 42.5 Å². The van der Waals surface area contributed by atoms with Gasteiger partial charge in [0.2, 0.25) is 0 Å². The Bertz CT molecular complexity index is 852. The van der Waals surface area contributed by atoms with Gasteiger partial charge in [0, 0.05) is 28.2 Å². The SMILES string of the molecule is O=c1cc(CSCCOc2ccccc2)nc2ccc(Br)cn12. The van der Waals surface area contributed by atoms with E-state index in [1.165, 1.54) is 4.40 Å². The summed E-state index contributed by atoms with van der Waals surface area (Å²) in [6.07, 6.45) is 1.73. The summed E-state index contributed by atoms with van der Waals surface area (Å²) in [7, 11) is 0. The topological polar surface area (TPSA) is 43.6 Å². The number of benzene rings is 1. The number of hydrogen-bond donors (Lipinski definition) is 0. The molecule has 2 aromatic heterocycles. The number of aromatic nitrogens is 2. The molecule has 118 valence electrons. The smallest absolute Gasteiger partial charge is 0.258 e. The van der Waals surface area contributed by atoms with Gasteiger partial charge in [-0.25, -0.2) is 4.98 Å². The second-order valence-corrected chi connectivity index (χ2v) is 6.90. The largest absolute Gasteiger partial charge is 0.493 e. The predicted molar refractivity (Wildman–Crippen MR) is 97.3 cm³/mol. The molecular weight excluding hydrogens is 376 g/mol. The van der Waals surface area contributed by atoms with Gasteiger partial charge in [0.1, 0.15) is 11.4 Å². The molecule has 4 nitrogen and oxygen atoms in total. The van der Waals surface area contributed by atoms with Crippen LogP contribution in [0.2, 0.25) is 0 Å². The molecule has 0 amide bonds. The summed E-state index contributed by atoms with van der Waals surface area (Å²) in [6.45, 7) is 0.633. The zero-order chi connectivity index (χ0) is 16.1. The molecule has 23 heavy (non-hydrogen) atoms. The van der Waals surface area contributed by atoms with Gasteiger partial charge in [0.15, 0.2) is 0 Å². The van der Waals surface area contributed by atoms with Crippen LogP contribution < -0.4 is 10.3 Å². The molecule has 0 saturated carbocycles. The molecule has 0 aliphatic rings. The van der Waals surface area contributed by atoms with E-state index in [1.54, 1.807) is 24.0 Å². The van der Waals surface area contributed by atoms with E-state index in [-0.39, 0.29) is 5.56 Å². The van der Waals surface area contributed by atoms with E-state index >= 15 is 0 Å². The number of thioether (sulfide) groups is 1. The highest BCUT2D eigenvalue weighted by atomic mass is 79.9. The summed E-state index contributed by atoms with van der Waals surface area (Å²) < 4.78 is 8.03. The van der Waals surface area contributed by atoms with Crippen LogP contribution in [0.4, 0.5) is 0 Å². The molecule has 0 atom stereocenters. The molecule has 6 heteroatoms. The fraction of sp³-hybridized carbons (Fsp3) is 0.176. The molecular formula is C17H15BrN2O2S. The summed E-state index contributed by atoms with van der Waals surface area (Å²) >= 11 is 5.06. The molecule has 0 N–H and O–H groups in total. The van der Waals surface area contributed by atoms with Crippen LogP contribution in [0.5, 0.6) is 5.75 Å². The fourth-order valence-electron chi connectivity index (χ4n) is 2.11. The third kappa shape index (κ3) is 4.36. The van der Waals surface area contributed by atoms with Crippen molar-refractivity contribution in [3.63, 3.8) is 0 Å². The standard InChI is InChI=1S/C17H15BrN2O2S/c18-13-6-7-16-19-14(10-17(21)20(16)11-13)12-23-9-8-22-15-4-2-1-3-5-15/h1-7,10-11H,8-9,12H2. The van der Waals surface area contributed by atoms with Crippen LogP contribution in [0.15, 0.2) is 64.0 Å². The van der Waals surface area contributed by atoms with Crippen molar-refractivity contribution < 1.29 is 4.74 Å². The Kier molecular flexibility index (Phi) is 5.35. The first-order valence-corrected chi connectivity index (χ1v) is 9.10. The van der Waals surface area contributed by atoms with E-state index in [0.29, 0.717) is 18.0 Å². The summed E-state index contributed by atoms with van der Waals surface area (Å²) in [5.74, 6) is 2.41. The van der Waals surface area contributed by atoms with Crippen LogP contribution in [0.25, 0.3) is 5.65 Å². The van der Waals surface area contributed by atoms with Gasteiger partial charge in [-0.05, 0) is 40.2 Å². The highest BCUT2D eigenvalue weighted by molar-refractivity contribution is 9.10. The molecule has 0 aliphatic carbocycles. The summed E-state index contributed by atoms with van der Waals surface area (Å²) in [5.41, 5.74) is 1.39. The van der Waals surface area contributed by atoms with Crippen molar-refractivity contribution in [2.75, 3.05) is 12.4 Å². The lowest BCUT2D eigenvalue weighted by Crippen LogP contribution is -2.15. The second-order valence-electron chi connectivity index (χ2n) is 4.88. The van der Waals surface area contributed by atoms with Crippen LogP contribution >= 0.6 is 27.7 Å². The zero-order valence-corrected chi connectivity index (χ0v) is 14.7. The van der Waals surface area contributed by atoms with Gasteiger partial charge in [-0.15, -0.1) is 0 Å². The minimum atomic E-state index is -0.0626. The summed E-state index contributed by atoms with van der Waals surface area (Å²) in [6, 6.07) is 15.0. The van der Waals surface area contributed by atoms with Gasteiger partial charge in [-0.2, -0.15) is 11.8 Å². The minimum Gasteiger partial charge on any atom is -0.493 e. The van der Waals surface area contributed by atoms with Gasteiger partial charge in [-0.3, -0.25) is 9.20 Å². The Hall–Kier alpha value is -1.79. The number of nitrogens with zero attached hydrogens (tertiary/aromatic N) is 2. The lowest BCUT2D eigenvalue weighted by Gasteiger charge is -2.06. The van der Waals surface area contributed by atoms with E-state index in [9.17, 15) is 4.79 Å². The molecule has 3 rings (SSSR count). The van der Waals surface area contributed by atoms with Gasteiger partial charge in [-0.1, -0.05) is 18.2 Å². The number of para-hydroxylation sites is 1. The Morgan fingerprint density at radius 3 is 2.83 bits per heavy atom. The molecule has 0 radical (unpaired) electrons. The number of fused-ring (bicyclic) bond motifs is 1. The molecule has 0 aliphatic heterocycles. The van der Waals surface area contributed by atoms with Crippen LogP contribution in [0, 0.1) is 0 Å². The molecule has 3 aromatic rings. The minimum absolute atomic E-state index is 0.0626. The predicted octanol–water partition coefficient (Wildman–Crippen LogP) is 3.77. The maximum atomic E-state index is 12.1. The highest BCUT2D eigenvalue weighted by Crippen LogP contribution is 2.14. The van der Waals surface area contributed by atoms with Crippen molar-refractivity contribution in [3.05, 3.63) is 75.2 Å². The number of halogens is 1. The second kappa shape index (κ2) is 7.66. The molecule has 0 fully saturated rings. The van der Waals surface area contributed by atoms with Gasteiger partial charge in [0.25, 0.3) is 5.56 Å². The normalized spacial score (nSPS) is 10.8. The van der Waals surface area contributed by atoms with Crippen LogP contribution in [-0.2, 0) is 5.75 Å². The number of pyridine rings is 1. The number of hydrogen-bond acceptors (Lipinski definition) is 4. The Morgan fingerprint density at radius 1 is 1.17 bits per heavy atom. The molecule has 0 saturated heterocycles. The first-order valence-electron chi connectivity index (χ1n) is 7.16. The lowest BCUT2D eigenvalue weighted by atomic mass is 10.3. The Morgan fingerprint density at radius 2 is 2.00 bits per heavy atom. The molecule has 0 bridgehead atoms. The quantitative estimate of drug-likeness (QED) is 0.600. The molecule has 2 heterocycles. The lowest BCUT2D eigenvalue weighted by molar-refractivity contribution is 0.344. The third-order valence-electron chi connectivity index (χ3n) is 3.17. The third-order valence-corrected chi connectivity index (χ3v) is 4.59. The highest BCUT2D eigenvalue weighted by Gasteiger charge is 2.03. The van der Waals surface area contributed by atoms with Crippen molar-refractivity contribution in [2.24, 2.45) is 0 Å². The first kappa shape index (κ1) is 16.1. The Labute approximate surface area is 146 Å². The maximum absolute atomic E-state index is 12.1. The average Bonchev–Trinajstić information content (AvgIpc) is 2.56. The van der Waals surface area contributed by atoms with E-state index in [0.717, 1.165) is 21.7 Å². The van der Waals surface area contributed by atoms with Gasteiger partial charge < -0.3 is 4.74 Å². The van der Waals surface area contributed by atoms with Crippen molar-refractivity contribution >= 4 is 33.3 Å². The van der Waals surface area contributed by atoms with Gasteiger partial charge in [0.05, 0.1) is 12.3 Å². The average molecular weight is 391 g/mol. The monoisotopic (exact) mass is 390 g/mol. The van der Waals surface area contributed by atoms with Crippen molar-refractivity contribution in [2.45, 2.75) is 5.75 Å². The first-order chi connectivity index (χ1) is 11.2. The van der Waals surface area contributed by atoms with E-state index < -0.39 is 0 Å². The van der Waals surface area contributed by atoms with Crippen molar-refractivity contribution in [1.29, 1.82) is 0 Å². The van der Waals surface area contributed by atoms with Gasteiger partial charge >= 0.3 is 0 Å². The number of rotatable bonds is 6. The van der Waals surface area contributed by atoms with Crippen LogP contribution in [0.3, 0.4) is 0 Å². The van der Waals surface area contributed by atoms with Crippen LogP contribution in [-0.4, -0.2) is 21.7 Å². The van der Waals surface area contributed by atoms with E-state index in [2.05, 4.69) is 20.9 Å². The molecule has 0 unspecified atom stereocenters. The maximum Gasteiger partial charge on any atom is 0.258 e. The Balaban J connectivity index is 1.55. The molecule has 1 aromatic carbocycles. The number of ether oxygens (including phenoxy) is 1. The van der Waals surface area contributed by atoms with E-state index in [4.69, 9.17) is 4.74 Å². The molecule has 0 spiro atoms. The summed E-state index contributed by atoms with van der Waals surface area (Å²) in [5, 5.41) is 0.